The highest BCUT2D eigenvalue weighted by atomic mass is 16.5. The van der Waals surface area contributed by atoms with Gasteiger partial charge in [-0.1, -0.05) is 24.3 Å². The topological polar surface area (TPSA) is 84.0 Å². The molecule has 7 nitrogen and oxygen atoms in total. The molecule has 1 saturated heterocycles. The van der Waals surface area contributed by atoms with E-state index in [1.807, 2.05) is 32.0 Å². The second-order valence-corrected chi connectivity index (χ2v) is 9.62. The summed E-state index contributed by atoms with van der Waals surface area (Å²) < 4.78 is 12.8. The van der Waals surface area contributed by atoms with Crippen LogP contribution >= 0.6 is 0 Å². The standard InChI is InChI=1S/C24H25N3O4/c1-22(2)19-17(7-8-18(28)25-19)23(31-22)9-11-27(12-10-23)21-26-20(29)24(30-21)13-15-5-3-4-6-16(15)14-24/h3-8H,9-14H2,1-2H3,(H,25,28). The molecule has 0 saturated carbocycles. The number of benzene rings is 1. The lowest BCUT2D eigenvalue weighted by Gasteiger charge is -2.41. The minimum absolute atomic E-state index is 0.111. The number of nitrogens with one attached hydrogen (secondary N) is 1. The number of pyridine rings is 1. The first-order valence-corrected chi connectivity index (χ1v) is 10.9. The number of H-pyrrole nitrogens is 1. The number of piperidine rings is 1. The molecule has 1 aromatic carbocycles. The number of carbonyl (C=O) groups is 1. The molecule has 1 fully saturated rings. The zero-order valence-corrected chi connectivity index (χ0v) is 17.7. The summed E-state index contributed by atoms with van der Waals surface area (Å²) in [5.41, 5.74) is 2.27. The highest BCUT2D eigenvalue weighted by molar-refractivity contribution is 6.02. The van der Waals surface area contributed by atoms with Crippen molar-refractivity contribution in [2.45, 2.75) is 56.3 Å². The van der Waals surface area contributed by atoms with Crippen molar-refractivity contribution in [1.82, 2.24) is 9.88 Å². The normalized spacial score (nSPS) is 24.3. The van der Waals surface area contributed by atoms with E-state index in [1.165, 1.54) is 0 Å². The van der Waals surface area contributed by atoms with Gasteiger partial charge in [-0.05, 0) is 43.9 Å². The van der Waals surface area contributed by atoms with E-state index < -0.39 is 16.8 Å². The van der Waals surface area contributed by atoms with Crippen molar-refractivity contribution in [2.75, 3.05) is 13.1 Å². The molecule has 4 heterocycles. The quantitative estimate of drug-likeness (QED) is 0.709. The number of amides is 1. The number of ether oxygens (including phenoxy) is 2. The van der Waals surface area contributed by atoms with Crippen molar-refractivity contribution in [3.63, 3.8) is 0 Å². The van der Waals surface area contributed by atoms with E-state index in [0.717, 1.165) is 35.2 Å². The van der Waals surface area contributed by atoms with Crippen molar-refractivity contribution in [1.29, 1.82) is 0 Å². The average molecular weight is 419 g/mol. The molecule has 0 radical (unpaired) electrons. The maximum atomic E-state index is 12.9. The molecule has 3 aliphatic heterocycles. The fourth-order valence-electron chi connectivity index (χ4n) is 5.72. The predicted octanol–water partition coefficient (Wildman–Crippen LogP) is 2.38. The minimum Gasteiger partial charge on any atom is -0.447 e. The van der Waals surface area contributed by atoms with Crippen LogP contribution in [0.4, 0.5) is 0 Å². The van der Waals surface area contributed by atoms with E-state index >= 15 is 0 Å². The fourth-order valence-corrected chi connectivity index (χ4v) is 5.72. The van der Waals surface area contributed by atoms with Crippen LogP contribution in [0.25, 0.3) is 0 Å². The number of carbonyl (C=O) groups excluding carboxylic acids is 1. The number of aliphatic imine (C=N–C) groups is 1. The van der Waals surface area contributed by atoms with Crippen LogP contribution in [-0.2, 0) is 38.3 Å². The first-order valence-electron chi connectivity index (χ1n) is 10.9. The molecule has 0 atom stereocenters. The van der Waals surface area contributed by atoms with Gasteiger partial charge in [0.15, 0.2) is 0 Å². The number of likely N-dealkylation sites (tertiary alicyclic amines) is 1. The zero-order valence-electron chi connectivity index (χ0n) is 17.7. The zero-order chi connectivity index (χ0) is 21.4. The van der Waals surface area contributed by atoms with Gasteiger partial charge in [0, 0.05) is 37.6 Å². The number of fused-ring (bicyclic) bond motifs is 3. The van der Waals surface area contributed by atoms with Gasteiger partial charge in [0.2, 0.25) is 11.2 Å². The number of hydrogen-bond donors (Lipinski definition) is 1. The molecular weight excluding hydrogens is 394 g/mol. The summed E-state index contributed by atoms with van der Waals surface area (Å²) in [5, 5.41) is 0. The average Bonchev–Trinajstić information content (AvgIpc) is 3.33. The highest BCUT2D eigenvalue weighted by Crippen LogP contribution is 2.51. The molecule has 1 aliphatic carbocycles. The Labute approximate surface area is 180 Å². The summed E-state index contributed by atoms with van der Waals surface area (Å²) in [7, 11) is 0. The van der Waals surface area contributed by atoms with Crippen LogP contribution in [0.15, 0.2) is 46.2 Å². The Balaban J connectivity index is 1.21. The van der Waals surface area contributed by atoms with Crippen LogP contribution in [0.2, 0.25) is 0 Å². The monoisotopic (exact) mass is 419 g/mol. The minimum atomic E-state index is -0.883. The second-order valence-electron chi connectivity index (χ2n) is 9.62. The number of rotatable bonds is 0. The molecule has 0 bridgehead atoms. The summed E-state index contributed by atoms with van der Waals surface area (Å²) in [4.78, 5) is 34.1. The van der Waals surface area contributed by atoms with Gasteiger partial charge in [0.05, 0.1) is 11.3 Å². The number of aromatic amines is 1. The third-order valence-corrected chi connectivity index (χ3v) is 7.25. The molecule has 1 amide bonds. The van der Waals surface area contributed by atoms with Crippen LogP contribution < -0.4 is 5.56 Å². The Bertz CT molecular complexity index is 1160. The lowest BCUT2D eigenvalue weighted by atomic mass is 9.84. The molecule has 4 aliphatic rings. The molecule has 7 heteroatoms. The molecule has 1 N–H and O–H groups in total. The summed E-state index contributed by atoms with van der Waals surface area (Å²) in [6.07, 6.45) is 2.62. The lowest BCUT2D eigenvalue weighted by molar-refractivity contribution is -0.148. The van der Waals surface area contributed by atoms with Crippen LogP contribution in [0.5, 0.6) is 0 Å². The molecule has 1 aromatic heterocycles. The first-order chi connectivity index (χ1) is 14.8. The number of aromatic nitrogens is 1. The van der Waals surface area contributed by atoms with Crippen molar-refractivity contribution < 1.29 is 14.3 Å². The van der Waals surface area contributed by atoms with Gasteiger partial charge in [-0.15, -0.1) is 0 Å². The molecule has 31 heavy (non-hydrogen) atoms. The molecule has 160 valence electrons. The number of nitrogens with zero attached hydrogens (tertiary/aromatic N) is 2. The Morgan fingerprint density at radius 1 is 0.968 bits per heavy atom. The van der Waals surface area contributed by atoms with Crippen molar-refractivity contribution in [3.8, 4) is 0 Å². The van der Waals surface area contributed by atoms with E-state index in [2.05, 4.69) is 27.0 Å². The largest absolute Gasteiger partial charge is 0.447 e. The summed E-state index contributed by atoms with van der Waals surface area (Å²) >= 11 is 0. The van der Waals surface area contributed by atoms with Gasteiger partial charge >= 0.3 is 0 Å². The maximum absolute atomic E-state index is 12.9. The van der Waals surface area contributed by atoms with Crippen molar-refractivity contribution in [3.05, 3.63) is 69.1 Å². The van der Waals surface area contributed by atoms with E-state index in [0.29, 0.717) is 32.0 Å². The van der Waals surface area contributed by atoms with Crippen LogP contribution in [0, 0.1) is 0 Å². The van der Waals surface area contributed by atoms with Gasteiger partial charge in [-0.2, -0.15) is 4.99 Å². The van der Waals surface area contributed by atoms with E-state index in [-0.39, 0.29) is 11.5 Å². The lowest BCUT2D eigenvalue weighted by Crippen LogP contribution is -2.47. The number of hydrogen-bond acceptors (Lipinski definition) is 5. The molecule has 6 rings (SSSR count). The first kappa shape index (κ1) is 18.8. The van der Waals surface area contributed by atoms with Gasteiger partial charge in [-0.25, -0.2) is 0 Å². The summed E-state index contributed by atoms with van der Waals surface area (Å²) in [6.45, 7) is 5.33. The smallest absolute Gasteiger partial charge is 0.296 e. The van der Waals surface area contributed by atoms with Gasteiger partial charge in [0.1, 0.15) is 5.60 Å². The Morgan fingerprint density at radius 3 is 2.32 bits per heavy atom. The highest BCUT2D eigenvalue weighted by Gasteiger charge is 2.54. The predicted molar refractivity (Wildman–Crippen MR) is 114 cm³/mol. The van der Waals surface area contributed by atoms with Gasteiger partial charge in [0.25, 0.3) is 11.9 Å². The molecule has 2 aromatic rings. The van der Waals surface area contributed by atoms with Gasteiger partial charge in [-0.3, -0.25) is 9.59 Å². The number of amidine groups is 1. The fraction of sp³-hybridized carbons (Fsp3) is 0.458. The van der Waals surface area contributed by atoms with E-state index in [1.54, 1.807) is 6.07 Å². The Hall–Kier alpha value is -2.93. The van der Waals surface area contributed by atoms with Crippen molar-refractivity contribution >= 4 is 11.9 Å². The maximum Gasteiger partial charge on any atom is 0.296 e. The SMILES string of the molecule is CC1(C)OC2(CCN(C3=NC(=O)C4(Cc5ccccc5C4)O3)CC2)c2ccc(=O)[nH]c21. The van der Waals surface area contributed by atoms with E-state index in [9.17, 15) is 9.59 Å². The Kier molecular flexibility index (Phi) is 3.68. The Morgan fingerprint density at radius 2 is 1.65 bits per heavy atom. The van der Waals surface area contributed by atoms with Crippen molar-refractivity contribution in [2.24, 2.45) is 4.99 Å². The molecular formula is C24H25N3O4. The molecule has 2 spiro atoms. The van der Waals surface area contributed by atoms with Gasteiger partial charge < -0.3 is 19.4 Å². The third kappa shape index (κ3) is 2.65. The van der Waals surface area contributed by atoms with Crippen LogP contribution in [0.3, 0.4) is 0 Å². The summed E-state index contributed by atoms with van der Waals surface area (Å²) in [5.74, 6) is -0.180. The summed E-state index contributed by atoms with van der Waals surface area (Å²) in [6, 6.07) is 12.0. The van der Waals surface area contributed by atoms with E-state index in [4.69, 9.17) is 9.47 Å². The third-order valence-electron chi connectivity index (χ3n) is 7.25. The molecule has 0 unspecified atom stereocenters. The second kappa shape index (κ2) is 6.07. The van der Waals surface area contributed by atoms with Crippen LogP contribution in [0.1, 0.15) is 49.1 Å². The van der Waals surface area contributed by atoms with Crippen LogP contribution in [-0.4, -0.2) is 40.5 Å².